The Kier molecular flexibility index (Phi) is 7.73. The molecule has 0 radical (unpaired) electrons. The van der Waals surface area contributed by atoms with Crippen LogP contribution >= 0.6 is 0 Å². The van der Waals surface area contributed by atoms with Crippen molar-refractivity contribution in [3.05, 3.63) is 42.2 Å². The highest BCUT2D eigenvalue weighted by atomic mass is 16.6. The standard InChI is InChI=1S/C25H30N4O6/c1-14-21(30)9-8-18(29-24(33)35-25(2,3)4)20-12-15(10-11-26-20)17-7-6-16(27-23(32)34-5)13-19(17)28-22(14)31/h6-7,10-14,18H,8-9H2,1-5H3,(H,27,32)(H,28,31)(H,29,33). The lowest BCUT2D eigenvalue weighted by atomic mass is 9.94. The van der Waals surface area contributed by atoms with Gasteiger partial charge in [-0.25, -0.2) is 9.59 Å². The first-order valence-corrected chi connectivity index (χ1v) is 11.3. The van der Waals surface area contributed by atoms with Gasteiger partial charge in [-0.2, -0.15) is 0 Å². The topological polar surface area (TPSA) is 136 Å². The number of benzene rings is 1. The number of amides is 3. The number of anilines is 2. The maximum atomic E-state index is 12.9. The summed E-state index contributed by atoms with van der Waals surface area (Å²) in [7, 11) is 1.25. The minimum absolute atomic E-state index is 0.0533. The Morgan fingerprint density at radius 3 is 2.54 bits per heavy atom. The van der Waals surface area contributed by atoms with Gasteiger partial charge in [-0.15, -0.1) is 0 Å². The van der Waals surface area contributed by atoms with Gasteiger partial charge in [-0.1, -0.05) is 6.07 Å². The van der Waals surface area contributed by atoms with E-state index >= 15 is 0 Å². The van der Waals surface area contributed by atoms with Gasteiger partial charge in [0, 0.05) is 23.9 Å². The maximum Gasteiger partial charge on any atom is 0.411 e. The summed E-state index contributed by atoms with van der Waals surface area (Å²) in [6, 6.07) is 7.94. The van der Waals surface area contributed by atoms with E-state index in [0.29, 0.717) is 22.6 Å². The van der Waals surface area contributed by atoms with E-state index in [0.717, 1.165) is 5.56 Å². The lowest BCUT2D eigenvalue weighted by Crippen LogP contribution is -2.36. The highest BCUT2D eigenvalue weighted by molar-refractivity contribution is 6.08. The van der Waals surface area contributed by atoms with E-state index in [9.17, 15) is 19.2 Å². The average molecular weight is 483 g/mol. The van der Waals surface area contributed by atoms with E-state index in [2.05, 4.69) is 25.7 Å². The number of ether oxygens (including phenoxy) is 2. The van der Waals surface area contributed by atoms with Crippen molar-refractivity contribution >= 4 is 35.3 Å². The molecule has 0 spiro atoms. The summed E-state index contributed by atoms with van der Waals surface area (Å²) in [6.07, 6.45) is 0.615. The number of carbonyl (C=O) groups excluding carboxylic acids is 4. The van der Waals surface area contributed by atoms with Crippen molar-refractivity contribution < 1.29 is 28.7 Å². The number of alkyl carbamates (subject to hydrolysis) is 1. The monoisotopic (exact) mass is 482 g/mol. The second-order valence-corrected chi connectivity index (χ2v) is 9.26. The quantitative estimate of drug-likeness (QED) is 0.539. The molecule has 2 aromatic rings. The number of carbonyl (C=O) groups is 4. The third kappa shape index (κ3) is 6.78. The van der Waals surface area contributed by atoms with Crippen LogP contribution in [-0.4, -0.2) is 41.6 Å². The number of methoxy groups -OCH3 is 1. The van der Waals surface area contributed by atoms with Gasteiger partial charge in [0.25, 0.3) is 0 Å². The number of rotatable bonds is 2. The van der Waals surface area contributed by atoms with E-state index in [1.807, 2.05) is 0 Å². The Bertz CT molecular complexity index is 1140. The number of hydrogen-bond acceptors (Lipinski definition) is 7. The van der Waals surface area contributed by atoms with Crippen molar-refractivity contribution in [2.45, 2.75) is 52.2 Å². The summed E-state index contributed by atoms with van der Waals surface area (Å²) < 4.78 is 10.0. The molecule has 1 aliphatic rings. The summed E-state index contributed by atoms with van der Waals surface area (Å²) in [4.78, 5) is 54.2. The van der Waals surface area contributed by atoms with Gasteiger partial charge in [0.15, 0.2) is 0 Å². The first-order valence-electron chi connectivity index (χ1n) is 11.3. The maximum absolute atomic E-state index is 12.9. The Labute approximate surface area is 203 Å². The SMILES string of the molecule is COC(=O)Nc1ccc2c(c1)NC(=O)C(C)C(=O)CCC(NC(=O)OC(C)(C)C)c1cc-2ccn1. The minimum atomic E-state index is -0.923. The number of nitrogens with zero attached hydrogens (tertiary/aromatic N) is 1. The minimum Gasteiger partial charge on any atom is -0.453 e. The zero-order valence-corrected chi connectivity index (χ0v) is 20.4. The molecule has 1 aromatic heterocycles. The highest BCUT2D eigenvalue weighted by Gasteiger charge is 2.27. The van der Waals surface area contributed by atoms with Crippen LogP contribution in [-0.2, 0) is 19.1 Å². The largest absolute Gasteiger partial charge is 0.453 e. The number of ketones is 1. The van der Waals surface area contributed by atoms with Crippen LogP contribution in [0.25, 0.3) is 11.1 Å². The van der Waals surface area contributed by atoms with Gasteiger partial charge in [0.1, 0.15) is 11.4 Å². The van der Waals surface area contributed by atoms with Gasteiger partial charge < -0.3 is 20.1 Å². The predicted octanol–water partition coefficient (Wildman–Crippen LogP) is 4.43. The molecule has 0 aliphatic carbocycles. The molecule has 2 heterocycles. The molecule has 186 valence electrons. The number of aromatic nitrogens is 1. The van der Waals surface area contributed by atoms with Crippen molar-refractivity contribution in [1.29, 1.82) is 0 Å². The molecule has 10 nitrogen and oxygen atoms in total. The van der Waals surface area contributed by atoms with Gasteiger partial charge in [0.05, 0.1) is 30.5 Å². The molecule has 0 saturated heterocycles. The number of Topliss-reactive ketones (excluding diaryl/α,β-unsaturated/α-hetero) is 1. The lowest BCUT2D eigenvalue weighted by Gasteiger charge is -2.24. The van der Waals surface area contributed by atoms with E-state index < -0.39 is 35.7 Å². The molecule has 3 amide bonds. The van der Waals surface area contributed by atoms with Crippen LogP contribution in [0.5, 0.6) is 0 Å². The molecule has 2 unspecified atom stereocenters. The summed E-state index contributed by atoms with van der Waals surface area (Å²) in [5.74, 6) is -1.67. The Hall–Kier alpha value is -3.95. The first kappa shape index (κ1) is 25.7. The van der Waals surface area contributed by atoms with Crippen molar-refractivity contribution in [1.82, 2.24) is 10.3 Å². The van der Waals surface area contributed by atoms with E-state index in [1.54, 1.807) is 57.3 Å². The Morgan fingerprint density at radius 2 is 1.86 bits per heavy atom. The Morgan fingerprint density at radius 1 is 1.11 bits per heavy atom. The van der Waals surface area contributed by atoms with Crippen molar-refractivity contribution in [2.75, 3.05) is 17.7 Å². The summed E-state index contributed by atoms with van der Waals surface area (Å²) in [6.45, 7) is 6.82. The molecule has 3 N–H and O–H groups in total. The normalized spacial score (nSPS) is 18.2. The number of fused-ring (bicyclic) bond motifs is 4. The van der Waals surface area contributed by atoms with Gasteiger partial charge in [-0.3, -0.25) is 19.9 Å². The van der Waals surface area contributed by atoms with Crippen LogP contribution in [0.15, 0.2) is 36.5 Å². The highest BCUT2D eigenvalue weighted by Crippen LogP contribution is 2.33. The second kappa shape index (κ2) is 10.5. The van der Waals surface area contributed by atoms with Gasteiger partial charge in [-0.05, 0) is 63.9 Å². The van der Waals surface area contributed by atoms with Crippen molar-refractivity contribution in [3.63, 3.8) is 0 Å². The number of nitrogens with one attached hydrogen (secondary N) is 3. The third-order valence-corrected chi connectivity index (χ3v) is 5.40. The smallest absolute Gasteiger partial charge is 0.411 e. The number of hydrogen-bond donors (Lipinski definition) is 3. The van der Waals surface area contributed by atoms with Crippen LogP contribution in [0.3, 0.4) is 0 Å². The molecule has 1 aliphatic heterocycles. The molecule has 2 bridgehead atoms. The van der Waals surface area contributed by atoms with Crippen LogP contribution in [0.2, 0.25) is 0 Å². The molecule has 0 saturated carbocycles. The molecule has 0 fully saturated rings. The summed E-state index contributed by atoms with van der Waals surface area (Å²) >= 11 is 0. The lowest BCUT2D eigenvalue weighted by molar-refractivity contribution is -0.130. The number of pyridine rings is 1. The fourth-order valence-corrected chi connectivity index (χ4v) is 3.59. The molecule has 1 aromatic carbocycles. The Balaban J connectivity index is 2.06. The van der Waals surface area contributed by atoms with Crippen LogP contribution < -0.4 is 16.0 Å². The molecular weight excluding hydrogens is 452 g/mol. The zero-order valence-electron chi connectivity index (χ0n) is 20.4. The van der Waals surface area contributed by atoms with Gasteiger partial charge >= 0.3 is 12.2 Å². The van der Waals surface area contributed by atoms with Crippen molar-refractivity contribution in [3.8, 4) is 11.1 Å². The fourth-order valence-electron chi connectivity index (χ4n) is 3.59. The molecule has 10 heteroatoms. The van der Waals surface area contributed by atoms with E-state index in [1.165, 1.54) is 14.0 Å². The van der Waals surface area contributed by atoms with Crippen LogP contribution in [0.1, 0.15) is 52.3 Å². The molecule has 2 atom stereocenters. The first-order chi connectivity index (χ1) is 16.5. The third-order valence-electron chi connectivity index (χ3n) is 5.40. The molecule has 3 rings (SSSR count). The summed E-state index contributed by atoms with van der Waals surface area (Å²) in [5.41, 5.74) is 2.03. The van der Waals surface area contributed by atoms with Gasteiger partial charge in [0.2, 0.25) is 5.91 Å². The molecular formula is C25H30N4O6. The zero-order chi connectivity index (χ0) is 25.8. The van der Waals surface area contributed by atoms with E-state index in [4.69, 9.17) is 4.74 Å². The summed E-state index contributed by atoms with van der Waals surface area (Å²) in [5, 5.41) is 8.18. The fraction of sp³-hybridized carbons (Fsp3) is 0.400. The predicted molar refractivity (Wildman–Crippen MR) is 130 cm³/mol. The average Bonchev–Trinajstić information content (AvgIpc) is 2.79. The molecule has 35 heavy (non-hydrogen) atoms. The van der Waals surface area contributed by atoms with Crippen LogP contribution in [0.4, 0.5) is 21.0 Å². The second-order valence-electron chi connectivity index (χ2n) is 9.26. The van der Waals surface area contributed by atoms with Crippen molar-refractivity contribution in [2.24, 2.45) is 5.92 Å². The van der Waals surface area contributed by atoms with Crippen LogP contribution in [0, 0.1) is 5.92 Å². The van der Waals surface area contributed by atoms with E-state index in [-0.39, 0.29) is 18.6 Å².